The second kappa shape index (κ2) is 6.29. The van der Waals surface area contributed by atoms with Crippen molar-refractivity contribution in [3.05, 3.63) is 28.5 Å². The molecule has 0 radical (unpaired) electrons. The third kappa shape index (κ3) is 3.93. The maximum absolute atomic E-state index is 13.5. The lowest BCUT2D eigenvalue weighted by Crippen LogP contribution is -2.29. The molecule has 1 aliphatic rings. The summed E-state index contributed by atoms with van der Waals surface area (Å²) in [5.41, 5.74) is -0.0971. The lowest BCUT2D eigenvalue weighted by molar-refractivity contribution is 0.0947. The zero-order valence-electron chi connectivity index (χ0n) is 11.2. The molecule has 0 spiro atoms. The summed E-state index contributed by atoms with van der Waals surface area (Å²) in [6.45, 7) is 0.497. The number of benzene rings is 1. The summed E-state index contributed by atoms with van der Waals surface area (Å²) < 4.78 is 36.1. The van der Waals surface area contributed by atoms with E-state index in [2.05, 4.69) is 5.32 Å². The molecular formula is C13H16ClFN2O3S. The summed E-state index contributed by atoms with van der Waals surface area (Å²) in [5, 5.41) is 7.46. The molecule has 8 heteroatoms. The predicted octanol–water partition coefficient (Wildman–Crippen LogP) is 2.05. The number of nitrogens with one attached hydrogen (secondary N) is 1. The average molecular weight is 335 g/mol. The summed E-state index contributed by atoms with van der Waals surface area (Å²) in [5.74, 6) is -1.18. The first-order chi connectivity index (χ1) is 9.79. The Bertz CT molecular complexity index is 658. The molecule has 2 rings (SSSR count). The molecule has 0 atom stereocenters. The Kier molecular flexibility index (Phi) is 4.85. The van der Waals surface area contributed by atoms with E-state index in [-0.39, 0.29) is 10.6 Å². The highest BCUT2D eigenvalue weighted by molar-refractivity contribution is 7.89. The molecule has 21 heavy (non-hydrogen) atoms. The van der Waals surface area contributed by atoms with Crippen LogP contribution in [0.5, 0.6) is 0 Å². The molecule has 116 valence electrons. The van der Waals surface area contributed by atoms with Crippen molar-refractivity contribution in [2.24, 2.45) is 11.1 Å². The van der Waals surface area contributed by atoms with E-state index in [1.165, 1.54) is 0 Å². The number of halogens is 2. The van der Waals surface area contributed by atoms with Gasteiger partial charge in [0.25, 0.3) is 5.91 Å². The van der Waals surface area contributed by atoms with Gasteiger partial charge in [0.15, 0.2) is 0 Å². The fourth-order valence-corrected chi connectivity index (χ4v) is 3.32. The molecule has 3 N–H and O–H groups in total. The minimum Gasteiger partial charge on any atom is -0.352 e. The van der Waals surface area contributed by atoms with Crippen LogP contribution in [0.4, 0.5) is 4.39 Å². The largest absolute Gasteiger partial charge is 0.352 e. The molecular weight excluding hydrogens is 319 g/mol. The van der Waals surface area contributed by atoms with Crippen LogP contribution in [0, 0.1) is 11.7 Å². The van der Waals surface area contributed by atoms with E-state index in [4.69, 9.17) is 16.7 Å². The topological polar surface area (TPSA) is 89.3 Å². The normalized spacial score (nSPS) is 16.1. The van der Waals surface area contributed by atoms with E-state index in [0.717, 1.165) is 37.8 Å². The van der Waals surface area contributed by atoms with Crippen LogP contribution in [0.2, 0.25) is 5.02 Å². The van der Waals surface area contributed by atoms with Crippen LogP contribution in [-0.4, -0.2) is 20.9 Å². The molecule has 0 aromatic heterocycles. The van der Waals surface area contributed by atoms with Crippen molar-refractivity contribution < 1.29 is 17.6 Å². The van der Waals surface area contributed by atoms with Crippen LogP contribution in [0.3, 0.4) is 0 Å². The van der Waals surface area contributed by atoms with Crippen LogP contribution in [0.25, 0.3) is 0 Å². The second-order valence-electron chi connectivity index (χ2n) is 5.17. The molecule has 1 saturated carbocycles. The van der Waals surface area contributed by atoms with Gasteiger partial charge in [0.1, 0.15) is 10.7 Å². The van der Waals surface area contributed by atoms with Crippen LogP contribution in [-0.2, 0) is 10.0 Å². The summed E-state index contributed by atoms with van der Waals surface area (Å²) in [6.07, 6.45) is 4.40. The number of carbonyl (C=O) groups excluding carboxylic acids is 1. The molecule has 0 saturated heterocycles. The van der Waals surface area contributed by atoms with Crippen LogP contribution in [0.1, 0.15) is 36.0 Å². The number of sulfonamides is 1. The molecule has 1 aromatic rings. The van der Waals surface area contributed by atoms with Crippen molar-refractivity contribution in [3.8, 4) is 0 Å². The quantitative estimate of drug-likeness (QED) is 0.883. The van der Waals surface area contributed by atoms with Gasteiger partial charge in [-0.15, -0.1) is 0 Å². The van der Waals surface area contributed by atoms with Gasteiger partial charge in [-0.25, -0.2) is 17.9 Å². The highest BCUT2D eigenvalue weighted by Crippen LogP contribution is 2.25. The molecule has 0 bridgehead atoms. The molecule has 1 fully saturated rings. The molecule has 0 aliphatic heterocycles. The van der Waals surface area contributed by atoms with Gasteiger partial charge in [-0.1, -0.05) is 24.4 Å². The van der Waals surface area contributed by atoms with Crippen molar-refractivity contribution >= 4 is 27.5 Å². The lowest BCUT2D eigenvalue weighted by Gasteiger charge is -2.12. The first kappa shape index (κ1) is 16.2. The minimum absolute atomic E-state index is 0.0971. The number of carbonyl (C=O) groups is 1. The number of primary sulfonamides is 1. The van der Waals surface area contributed by atoms with Crippen LogP contribution < -0.4 is 10.5 Å². The van der Waals surface area contributed by atoms with Crippen molar-refractivity contribution in [2.75, 3.05) is 6.54 Å². The van der Waals surface area contributed by atoms with E-state index < -0.39 is 26.6 Å². The van der Waals surface area contributed by atoms with Crippen molar-refractivity contribution in [3.63, 3.8) is 0 Å². The van der Waals surface area contributed by atoms with Gasteiger partial charge >= 0.3 is 0 Å². The third-order valence-electron chi connectivity index (χ3n) is 3.60. The number of rotatable bonds is 4. The minimum atomic E-state index is -4.25. The summed E-state index contributed by atoms with van der Waals surface area (Å²) in [6, 6.07) is 1.66. The highest BCUT2D eigenvalue weighted by Gasteiger charge is 2.22. The molecule has 1 aliphatic carbocycles. The Morgan fingerprint density at radius 2 is 2.00 bits per heavy atom. The molecule has 1 amide bonds. The zero-order chi connectivity index (χ0) is 15.6. The van der Waals surface area contributed by atoms with Crippen LogP contribution in [0.15, 0.2) is 17.0 Å². The first-order valence-corrected chi connectivity index (χ1v) is 8.51. The van der Waals surface area contributed by atoms with Crippen molar-refractivity contribution in [2.45, 2.75) is 30.6 Å². The Balaban J connectivity index is 2.20. The molecule has 5 nitrogen and oxygen atoms in total. The SMILES string of the molecule is NS(=O)(=O)c1cc(C(=O)NCC2CCCC2)c(Cl)cc1F. The average Bonchev–Trinajstić information content (AvgIpc) is 2.87. The summed E-state index contributed by atoms with van der Waals surface area (Å²) in [4.78, 5) is 11.3. The first-order valence-electron chi connectivity index (χ1n) is 6.59. The smallest absolute Gasteiger partial charge is 0.252 e. The maximum atomic E-state index is 13.5. The third-order valence-corrected chi connectivity index (χ3v) is 4.84. The standard InChI is InChI=1S/C13H16ClFN2O3S/c14-10-6-11(15)12(21(16,19)20)5-9(10)13(18)17-7-8-3-1-2-4-8/h5-6,8H,1-4,7H2,(H,17,18)(H2,16,19,20). The van der Waals surface area contributed by atoms with Crippen molar-refractivity contribution in [1.82, 2.24) is 5.32 Å². The van der Waals surface area contributed by atoms with Crippen molar-refractivity contribution in [1.29, 1.82) is 0 Å². The summed E-state index contributed by atoms with van der Waals surface area (Å²) >= 11 is 5.81. The zero-order valence-corrected chi connectivity index (χ0v) is 12.8. The fourth-order valence-electron chi connectivity index (χ4n) is 2.47. The lowest BCUT2D eigenvalue weighted by atomic mass is 10.1. The Labute approximate surface area is 127 Å². The highest BCUT2D eigenvalue weighted by atomic mass is 35.5. The van der Waals surface area contributed by atoms with Gasteiger partial charge in [0.05, 0.1) is 10.6 Å². The van der Waals surface area contributed by atoms with Gasteiger partial charge in [-0.05, 0) is 30.9 Å². The number of hydrogen-bond donors (Lipinski definition) is 2. The van der Waals surface area contributed by atoms with Gasteiger partial charge in [0, 0.05) is 6.54 Å². The number of nitrogens with two attached hydrogens (primary N) is 1. The Morgan fingerprint density at radius 1 is 1.38 bits per heavy atom. The Hall–Kier alpha value is -1.18. The maximum Gasteiger partial charge on any atom is 0.252 e. The number of hydrogen-bond acceptors (Lipinski definition) is 3. The summed E-state index contributed by atoms with van der Waals surface area (Å²) in [7, 11) is -4.25. The number of amides is 1. The van der Waals surface area contributed by atoms with E-state index >= 15 is 0 Å². The predicted molar refractivity (Wildman–Crippen MR) is 77.1 cm³/mol. The molecule has 1 aromatic carbocycles. The van der Waals surface area contributed by atoms with E-state index in [9.17, 15) is 17.6 Å². The monoisotopic (exact) mass is 334 g/mol. The van der Waals surface area contributed by atoms with Gasteiger partial charge in [-0.2, -0.15) is 0 Å². The molecule has 0 unspecified atom stereocenters. The van der Waals surface area contributed by atoms with Gasteiger partial charge in [0.2, 0.25) is 10.0 Å². The second-order valence-corrected chi connectivity index (χ2v) is 7.11. The van der Waals surface area contributed by atoms with E-state index in [0.29, 0.717) is 12.5 Å². The van der Waals surface area contributed by atoms with Crippen LogP contribution >= 0.6 is 11.6 Å². The van der Waals surface area contributed by atoms with E-state index in [1.54, 1.807) is 0 Å². The van der Waals surface area contributed by atoms with Gasteiger partial charge < -0.3 is 5.32 Å². The van der Waals surface area contributed by atoms with E-state index in [1.807, 2.05) is 0 Å². The van der Waals surface area contributed by atoms with Gasteiger partial charge in [-0.3, -0.25) is 4.79 Å². The Morgan fingerprint density at radius 3 is 2.57 bits per heavy atom. The fraction of sp³-hybridized carbons (Fsp3) is 0.462. The molecule has 0 heterocycles.